The van der Waals surface area contributed by atoms with Crippen LogP contribution in [0.25, 0.3) is 0 Å². The average Bonchev–Trinajstić information content (AvgIpc) is 3.90. The second-order valence-corrected chi connectivity index (χ2v) is 15.0. The first-order chi connectivity index (χ1) is 28.9. The van der Waals surface area contributed by atoms with E-state index in [9.17, 15) is 9.59 Å². The number of ether oxygens (including phenoxy) is 2. The van der Waals surface area contributed by atoms with Crippen molar-refractivity contribution in [2.75, 3.05) is 18.8 Å². The molecule has 8 nitrogen and oxygen atoms in total. The van der Waals surface area contributed by atoms with E-state index in [2.05, 4.69) is 48.5 Å². The highest BCUT2D eigenvalue weighted by molar-refractivity contribution is 6.13. The SMILES string of the molecule is CCN(C(=O)OCc1ccccc1)[C@H]1Cc2ccc(N)cc2C1.CCN(C(=O)OCc1ccccc1)[C@H]1Cc2ccc(N=C(c3ccccc3)c3ccccc3)cc2C1.[2HH]. The standard InChI is InChI=1S/C32H30N2O2.C19H22N2O2.H2/c1-2-34(32(35)36-23-24-12-6-3-7-13-24)30-21-27-18-19-29(20-28(27)22-30)33-31(25-14-8-4-9-15-25)26-16-10-5-11-17-26;1-2-21(19(22)23-13-14-6-4-3-5-7-14)18-11-15-8-9-17(20)10-16(15)12-18;/h3-20,30H,2,21-23H2,1H3;3-10,18H,2,11-13,20H2,1H3;1H/t30-;18-;/m00./s1/i;;1+1. The molecule has 0 fully saturated rings. The molecule has 0 saturated carbocycles. The number of nitrogen functional groups attached to an aromatic ring is 1. The fourth-order valence-electron chi connectivity index (χ4n) is 8.00. The molecule has 0 radical (unpaired) electrons. The van der Waals surface area contributed by atoms with E-state index in [-0.39, 0.29) is 32.3 Å². The van der Waals surface area contributed by atoms with Gasteiger partial charge in [-0.25, -0.2) is 14.6 Å². The highest BCUT2D eigenvalue weighted by atomic mass is 16.6. The number of fused-ring (bicyclic) bond motifs is 2. The molecule has 2 N–H and O–H groups in total. The molecule has 0 unspecified atom stereocenters. The van der Waals surface area contributed by atoms with Crippen LogP contribution >= 0.6 is 0 Å². The summed E-state index contributed by atoms with van der Waals surface area (Å²) in [5.41, 5.74) is 17.7. The molecule has 2 amide bonds. The van der Waals surface area contributed by atoms with E-state index in [1.54, 1.807) is 0 Å². The van der Waals surface area contributed by atoms with Gasteiger partial charge < -0.3 is 25.0 Å². The van der Waals surface area contributed by atoms with Gasteiger partial charge in [0.2, 0.25) is 0 Å². The Morgan fingerprint density at radius 3 is 1.42 bits per heavy atom. The molecule has 8 rings (SSSR count). The molecular formula is C51H54N4O4. The monoisotopic (exact) mass is 787 g/mol. The van der Waals surface area contributed by atoms with E-state index >= 15 is 0 Å². The molecule has 8 heteroatoms. The van der Waals surface area contributed by atoms with Crippen molar-refractivity contribution in [1.82, 2.24) is 9.80 Å². The van der Waals surface area contributed by atoms with Gasteiger partial charge in [0.1, 0.15) is 13.2 Å². The third-order valence-electron chi connectivity index (χ3n) is 11.0. The number of hydrogen-bond donors (Lipinski definition) is 1. The summed E-state index contributed by atoms with van der Waals surface area (Å²) in [6, 6.07) is 52.8. The van der Waals surface area contributed by atoms with Crippen molar-refractivity contribution in [3.63, 3.8) is 0 Å². The number of carbonyl (C=O) groups is 2. The van der Waals surface area contributed by atoms with Crippen LogP contribution in [0.3, 0.4) is 0 Å². The van der Waals surface area contributed by atoms with Crippen LogP contribution in [0, 0.1) is 0 Å². The van der Waals surface area contributed by atoms with Gasteiger partial charge >= 0.3 is 12.2 Å². The van der Waals surface area contributed by atoms with Gasteiger partial charge in [0.05, 0.1) is 11.4 Å². The van der Waals surface area contributed by atoms with E-state index in [0.717, 1.165) is 65.0 Å². The van der Waals surface area contributed by atoms with Gasteiger partial charge in [0, 0.05) is 43.4 Å². The summed E-state index contributed by atoms with van der Waals surface area (Å²) < 4.78 is 11.1. The smallest absolute Gasteiger partial charge is 0.410 e. The minimum Gasteiger partial charge on any atom is -0.445 e. The quantitative estimate of drug-likeness (QED) is 0.104. The Bertz CT molecular complexity index is 2300. The summed E-state index contributed by atoms with van der Waals surface area (Å²) in [7, 11) is 0. The van der Waals surface area contributed by atoms with Crippen molar-refractivity contribution in [2.45, 2.75) is 64.8 Å². The molecule has 0 aliphatic heterocycles. The number of amides is 2. The number of nitrogens with two attached hydrogens (primary N) is 1. The van der Waals surface area contributed by atoms with Gasteiger partial charge in [0.15, 0.2) is 0 Å². The molecule has 6 aromatic rings. The lowest BCUT2D eigenvalue weighted by Crippen LogP contribution is -2.41. The van der Waals surface area contributed by atoms with Gasteiger partial charge in [-0.05, 0) is 97.2 Å². The van der Waals surface area contributed by atoms with Crippen molar-refractivity contribution in [3.05, 3.63) is 202 Å². The topological polar surface area (TPSA) is 97.5 Å². The van der Waals surface area contributed by atoms with Crippen molar-refractivity contribution >= 4 is 29.3 Å². The summed E-state index contributed by atoms with van der Waals surface area (Å²) >= 11 is 0. The largest absolute Gasteiger partial charge is 0.445 e. The third kappa shape index (κ3) is 10.4. The molecule has 0 bridgehead atoms. The van der Waals surface area contributed by atoms with Gasteiger partial charge in [-0.1, -0.05) is 133 Å². The summed E-state index contributed by atoms with van der Waals surface area (Å²) in [4.78, 5) is 34.1. The van der Waals surface area contributed by atoms with Gasteiger partial charge in [-0.2, -0.15) is 0 Å². The third-order valence-corrected chi connectivity index (χ3v) is 11.0. The molecule has 2 aliphatic rings. The van der Waals surface area contributed by atoms with Crippen LogP contribution in [0.4, 0.5) is 21.0 Å². The molecule has 0 saturated heterocycles. The fraction of sp³-hybridized carbons (Fsp3) is 0.235. The highest BCUT2D eigenvalue weighted by Crippen LogP contribution is 2.31. The second kappa shape index (κ2) is 19.7. The number of nitrogens with zero attached hydrogens (tertiary/aromatic N) is 3. The maximum absolute atomic E-state index is 12.9. The molecular weight excluding hydrogens is 733 g/mol. The van der Waals surface area contributed by atoms with Crippen molar-refractivity contribution in [2.24, 2.45) is 4.99 Å². The van der Waals surface area contributed by atoms with Crippen LogP contribution in [0.1, 0.15) is 59.8 Å². The molecule has 59 heavy (non-hydrogen) atoms. The van der Waals surface area contributed by atoms with Crippen LogP contribution in [-0.2, 0) is 48.4 Å². The number of anilines is 1. The Labute approximate surface area is 349 Å². The zero-order valence-electron chi connectivity index (χ0n) is 33.9. The first kappa shape index (κ1) is 40.5. The van der Waals surface area contributed by atoms with Crippen LogP contribution in [-0.4, -0.2) is 52.9 Å². The molecule has 0 heterocycles. The zero-order valence-corrected chi connectivity index (χ0v) is 33.9. The Balaban J connectivity index is 0.000000218. The summed E-state index contributed by atoms with van der Waals surface area (Å²) in [6.07, 6.45) is 2.84. The van der Waals surface area contributed by atoms with Crippen molar-refractivity contribution < 1.29 is 20.5 Å². The first-order valence-electron chi connectivity index (χ1n) is 20.5. The van der Waals surface area contributed by atoms with E-state index in [1.165, 1.54) is 22.3 Å². The fourth-order valence-corrected chi connectivity index (χ4v) is 8.00. The van der Waals surface area contributed by atoms with E-state index < -0.39 is 0 Å². The van der Waals surface area contributed by atoms with Crippen molar-refractivity contribution in [1.29, 1.82) is 0 Å². The Kier molecular flexibility index (Phi) is 13.5. The Hall–Kier alpha value is -6.67. The van der Waals surface area contributed by atoms with Gasteiger partial charge in [-0.15, -0.1) is 0 Å². The lowest BCUT2D eigenvalue weighted by atomic mass is 10.0. The predicted molar refractivity (Wildman–Crippen MR) is 238 cm³/mol. The minimum absolute atomic E-state index is 0. The molecule has 0 spiro atoms. The molecule has 6 aromatic carbocycles. The Morgan fingerprint density at radius 2 is 0.966 bits per heavy atom. The van der Waals surface area contributed by atoms with E-state index in [0.29, 0.717) is 19.7 Å². The van der Waals surface area contributed by atoms with Gasteiger partial charge in [-0.3, -0.25) is 0 Å². The first-order valence-corrected chi connectivity index (χ1v) is 20.5. The maximum Gasteiger partial charge on any atom is 0.410 e. The summed E-state index contributed by atoms with van der Waals surface area (Å²) in [5.74, 6) is 0. The number of hydrogen-bond acceptors (Lipinski definition) is 6. The van der Waals surface area contributed by atoms with Crippen molar-refractivity contribution in [3.8, 4) is 0 Å². The molecule has 0 aromatic heterocycles. The molecule has 2 aliphatic carbocycles. The molecule has 302 valence electrons. The summed E-state index contributed by atoms with van der Waals surface area (Å²) in [6.45, 7) is 5.85. The number of benzene rings is 6. The highest BCUT2D eigenvalue weighted by Gasteiger charge is 2.31. The van der Waals surface area contributed by atoms with Crippen LogP contribution in [0.2, 0.25) is 0 Å². The van der Waals surface area contributed by atoms with Crippen LogP contribution in [0.5, 0.6) is 0 Å². The van der Waals surface area contributed by atoms with E-state index in [4.69, 9.17) is 20.2 Å². The minimum atomic E-state index is -0.257. The van der Waals surface area contributed by atoms with Crippen LogP contribution < -0.4 is 5.73 Å². The van der Waals surface area contributed by atoms with Crippen LogP contribution in [0.15, 0.2) is 163 Å². The normalized spacial score (nSPS) is 14.8. The lowest BCUT2D eigenvalue weighted by Gasteiger charge is -2.26. The molecule has 2 atom stereocenters. The maximum atomic E-state index is 12.9. The van der Waals surface area contributed by atoms with Gasteiger partial charge in [0.25, 0.3) is 0 Å². The number of carbonyl (C=O) groups excluding carboxylic acids is 2. The average molecular weight is 788 g/mol. The second-order valence-electron chi connectivity index (χ2n) is 15.0. The zero-order chi connectivity index (χ0) is 41.0. The van der Waals surface area contributed by atoms with E-state index in [1.807, 2.05) is 133 Å². The number of rotatable bonds is 11. The predicted octanol–water partition coefficient (Wildman–Crippen LogP) is 10.6. The lowest BCUT2D eigenvalue weighted by molar-refractivity contribution is 0.0832. The Morgan fingerprint density at radius 1 is 0.559 bits per heavy atom. The number of likely N-dealkylation sites (N-methyl/N-ethyl adjacent to an activating group) is 2. The summed E-state index contributed by atoms with van der Waals surface area (Å²) in [5, 5.41) is 0. The number of aliphatic imine (C=N–C) groups is 1.